The van der Waals surface area contributed by atoms with E-state index in [1.807, 2.05) is 30.3 Å². The van der Waals surface area contributed by atoms with Crippen LogP contribution in [0.3, 0.4) is 0 Å². The van der Waals surface area contributed by atoms with Crippen molar-refractivity contribution < 1.29 is 9.90 Å². The molecule has 1 N–H and O–H groups in total. The van der Waals surface area contributed by atoms with Crippen LogP contribution >= 0.6 is 0 Å². The predicted octanol–water partition coefficient (Wildman–Crippen LogP) is 2.03. The van der Waals surface area contributed by atoms with Crippen molar-refractivity contribution in [2.45, 2.75) is 6.10 Å². The number of hydrogen-bond donors (Lipinski definition) is 1. The second kappa shape index (κ2) is 5.89. The maximum Gasteiger partial charge on any atom is 0.142 e. The van der Waals surface area contributed by atoms with E-state index in [1.165, 1.54) is 6.08 Å². The molecular formula is C12H12O2. The van der Waals surface area contributed by atoms with Gasteiger partial charge in [0.25, 0.3) is 0 Å². The van der Waals surface area contributed by atoms with Crippen molar-refractivity contribution in [2.24, 2.45) is 0 Å². The van der Waals surface area contributed by atoms with Crippen LogP contribution in [0.2, 0.25) is 0 Å². The van der Waals surface area contributed by atoms with Gasteiger partial charge in [0.05, 0.1) is 6.10 Å². The highest BCUT2D eigenvalue weighted by molar-refractivity contribution is 5.65. The molecule has 0 fully saturated rings. The quantitative estimate of drug-likeness (QED) is 0.446. The van der Waals surface area contributed by atoms with E-state index in [2.05, 4.69) is 0 Å². The van der Waals surface area contributed by atoms with Crippen molar-refractivity contribution >= 4 is 6.29 Å². The van der Waals surface area contributed by atoms with E-state index in [9.17, 15) is 9.90 Å². The maximum atomic E-state index is 9.94. The average Bonchev–Trinajstić information content (AvgIpc) is 2.25. The predicted molar refractivity (Wildman–Crippen MR) is 55.7 cm³/mol. The molecule has 1 atom stereocenters. The molecule has 0 saturated carbocycles. The van der Waals surface area contributed by atoms with Crippen LogP contribution in [0.25, 0.3) is 0 Å². The number of aliphatic hydroxyl groups is 1. The molecule has 0 aliphatic carbocycles. The number of aliphatic hydroxyl groups excluding tert-OH is 1. The van der Waals surface area contributed by atoms with Gasteiger partial charge < -0.3 is 5.11 Å². The Kier molecular flexibility index (Phi) is 4.38. The molecular weight excluding hydrogens is 176 g/mol. The zero-order chi connectivity index (χ0) is 10.2. The van der Waals surface area contributed by atoms with Crippen LogP contribution in [0.15, 0.2) is 54.6 Å². The van der Waals surface area contributed by atoms with Gasteiger partial charge in [-0.3, -0.25) is 4.79 Å². The Morgan fingerprint density at radius 3 is 2.43 bits per heavy atom. The van der Waals surface area contributed by atoms with Crippen LogP contribution in [0.4, 0.5) is 0 Å². The summed E-state index contributed by atoms with van der Waals surface area (Å²) in [5.74, 6) is 0. The molecule has 0 amide bonds. The molecule has 2 nitrogen and oxygen atoms in total. The fourth-order valence-electron chi connectivity index (χ4n) is 1.04. The van der Waals surface area contributed by atoms with Gasteiger partial charge in [-0.1, -0.05) is 48.6 Å². The summed E-state index contributed by atoms with van der Waals surface area (Å²) in [7, 11) is 0. The van der Waals surface area contributed by atoms with Crippen LogP contribution in [0.5, 0.6) is 0 Å². The van der Waals surface area contributed by atoms with Crippen molar-refractivity contribution in [3.63, 3.8) is 0 Å². The summed E-state index contributed by atoms with van der Waals surface area (Å²) in [6, 6.07) is 9.32. The van der Waals surface area contributed by atoms with Crippen LogP contribution in [-0.2, 0) is 4.79 Å². The Hall–Kier alpha value is -1.67. The average molecular weight is 188 g/mol. The third-order valence-corrected chi connectivity index (χ3v) is 1.74. The zero-order valence-corrected chi connectivity index (χ0v) is 7.71. The number of allylic oxidation sites excluding steroid dienone is 3. The molecule has 0 spiro atoms. The third-order valence-electron chi connectivity index (χ3n) is 1.74. The molecule has 14 heavy (non-hydrogen) atoms. The monoisotopic (exact) mass is 188 g/mol. The molecule has 0 heterocycles. The van der Waals surface area contributed by atoms with E-state index in [0.717, 1.165) is 5.56 Å². The number of aldehydes is 1. The first-order chi connectivity index (χ1) is 6.84. The summed E-state index contributed by atoms with van der Waals surface area (Å²) >= 11 is 0. The summed E-state index contributed by atoms with van der Waals surface area (Å²) in [5, 5.41) is 9.61. The number of rotatable bonds is 4. The normalized spacial score (nSPS) is 13.5. The van der Waals surface area contributed by atoms with Crippen molar-refractivity contribution in [1.29, 1.82) is 0 Å². The maximum absolute atomic E-state index is 9.94. The van der Waals surface area contributed by atoms with Gasteiger partial charge in [-0.15, -0.1) is 0 Å². The number of hydrogen-bond acceptors (Lipinski definition) is 2. The highest BCUT2D eigenvalue weighted by Gasteiger charge is 1.99. The minimum Gasteiger partial charge on any atom is -0.384 e. The smallest absolute Gasteiger partial charge is 0.142 e. The van der Waals surface area contributed by atoms with Crippen LogP contribution < -0.4 is 0 Å². The molecule has 1 aromatic rings. The minimum atomic E-state index is -0.618. The van der Waals surface area contributed by atoms with Crippen molar-refractivity contribution in [2.75, 3.05) is 0 Å². The van der Waals surface area contributed by atoms with Gasteiger partial charge in [-0.05, 0) is 11.6 Å². The third kappa shape index (κ3) is 3.37. The zero-order valence-electron chi connectivity index (χ0n) is 7.71. The van der Waals surface area contributed by atoms with E-state index in [1.54, 1.807) is 18.2 Å². The van der Waals surface area contributed by atoms with E-state index in [-0.39, 0.29) is 0 Å². The summed E-state index contributed by atoms with van der Waals surface area (Å²) in [6.45, 7) is 0. The molecule has 1 aromatic carbocycles. The molecule has 72 valence electrons. The second-order valence-electron chi connectivity index (χ2n) is 2.76. The van der Waals surface area contributed by atoms with Crippen LogP contribution in [0, 0.1) is 0 Å². The Morgan fingerprint density at radius 1 is 1.07 bits per heavy atom. The van der Waals surface area contributed by atoms with Gasteiger partial charge in [-0.2, -0.15) is 0 Å². The van der Waals surface area contributed by atoms with Gasteiger partial charge in [0.1, 0.15) is 6.29 Å². The van der Waals surface area contributed by atoms with Gasteiger partial charge in [-0.25, -0.2) is 0 Å². The summed E-state index contributed by atoms with van der Waals surface area (Å²) in [5.41, 5.74) is 0.836. The molecule has 2 heteroatoms. The minimum absolute atomic E-state index is 0.618. The lowest BCUT2D eigenvalue weighted by molar-refractivity contribution is -0.104. The Balaban J connectivity index is 2.58. The fourth-order valence-corrected chi connectivity index (χ4v) is 1.04. The molecule has 1 rings (SSSR count). The summed E-state index contributed by atoms with van der Waals surface area (Å²) < 4.78 is 0. The molecule has 0 bridgehead atoms. The number of carbonyl (C=O) groups is 1. The molecule has 0 radical (unpaired) electrons. The molecule has 0 aromatic heterocycles. The molecule has 0 unspecified atom stereocenters. The van der Waals surface area contributed by atoms with E-state index in [0.29, 0.717) is 6.29 Å². The summed E-state index contributed by atoms with van der Waals surface area (Å²) in [4.78, 5) is 9.94. The Morgan fingerprint density at radius 2 is 1.79 bits per heavy atom. The van der Waals surface area contributed by atoms with Crippen molar-refractivity contribution in [3.8, 4) is 0 Å². The Labute approximate surface area is 83.2 Å². The fraction of sp³-hybridized carbons (Fsp3) is 0.0833. The first-order valence-electron chi connectivity index (χ1n) is 4.36. The number of benzene rings is 1. The standard InChI is InChI=1S/C12H12O2/c13-10-6-2-5-9-12(14)11-7-3-1-4-8-11/h1-10,12,14H/b6-2+,9-5+/t12-/m1/s1. The SMILES string of the molecule is O=C/C=C/C=C/[C@@H](O)c1ccccc1. The van der Waals surface area contributed by atoms with Gasteiger partial charge >= 0.3 is 0 Å². The largest absolute Gasteiger partial charge is 0.384 e. The van der Waals surface area contributed by atoms with E-state index >= 15 is 0 Å². The molecule has 0 saturated heterocycles. The van der Waals surface area contributed by atoms with Gasteiger partial charge in [0.2, 0.25) is 0 Å². The second-order valence-corrected chi connectivity index (χ2v) is 2.76. The number of carbonyl (C=O) groups excluding carboxylic acids is 1. The molecule has 0 aliphatic rings. The van der Waals surface area contributed by atoms with Gasteiger partial charge in [0.15, 0.2) is 0 Å². The highest BCUT2D eigenvalue weighted by Crippen LogP contribution is 2.12. The van der Waals surface area contributed by atoms with Crippen molar-refractivity contribution in [3.05, 3.63) is 60.2 Å². The van der Waals surface area contributed by atoms with Crippen LogP contribution in [-0.4, -0.2) is 11.4 Å². The van der Waals surface area contributed by atoms with Crippen molar-refractivity contribution in [1.82, 2.24) is 0 Å². The first kappa shape index (κ1) is 10.4. The van der Waals surface area contributed by atoms with Gasteiger partial charge in [0, 0.05) is 0 Å². The summed E-state index contributed by atoms with van der Waals surface area (Å²) in [6.07, 6.45) is 6.29. The topological polar surface area (TPSA) is 37.3 Å². The lowest BCUT2D eigenvalue weighted by atomic mass is 10.1. The van der Waals surface area contributed by atoms with E-state index < -0.39 is 6.10 Å². The highest BCUT2D eigenvalue weighted by atomic mass is 16.3. The first-order valence-corrected chi connectivity index (χ1v) is 4.36. The van der Waals surface area contributed by atoms with Crippen LogP contribution in [0.1, 0.15) is 11.7 Å². The molecule has 0 aliphatic heterocycles. The Bertz CT molecular complexity index is 325. The van der Waals surface area contributed by atoms with E-state index in [4.69, 9.17) is 0 Å². The lowest BCUT2D eigenvalue weighted by Gasteiger charge is -2.03. The lowest BCUT2D eigenvalue weighted by Crippen LogP contribution is -1.91.